The number of hydrogen-bond acceptors (Lipinski definition) is 15. The van der Waals surface area contributed by atoms with Gasteiger partial charge in [0.05, 0.1) is 57.4 Å². The molecular formula is C66H120AlN3O15. The van der Waals surface area contributed by atoms with Gasteiger partial charge >= 0.3 is 35.3 Å². The first kappa shape index (κ1) is 87.2. The molecule has 0 rings (SSSR count). The Kier molecular flexibility index (Phi) is 69.0. The number of carboxylic acids is 3. The average Bonchev–Trinajstić information content (AvgIpc) is 3.50. The molecule has 492 valence electrons. The molecule has 0 bridgehead atoms. The Balaban J connectivity index is -0.000000576. The molecule has 85 heavy (non-hydrogen) atoms. The SMILES string of the molecule is CCCCCCCCCCCCCCCC(=O)N[C@@H](CCC(=O)OC)C(=O)[O-].CCCCCCCCCCCCCCCC(=O)N[C@@H](CCC(=O)OC)C(=O)[O-].CCCCCCCCCCCCCCCC(=O)N[C@@H](CCC(=O)OC)C(=O)[O-].[Al+3]. The Morgan fingerprint density at radius 3 is 0.565 bits per heavy atom. The molecule has 0 aliphatic carbocycles. The summed E-state index contributed by atoms with van der Waals surface area (Å²) in [5.74, 6) is -6.54. The number of aliphatic carboxylic acids is 3. The van der Waals surface area contributed by atoms with Crippen molar-refractivity contribution in [2.45, 2.75) is 347 Å². The largest absolute Gasteiger partial charge is 3.00 e. The molecule has 3 N–H and O–H groups in total. The van der Waals surface area contributed by atoms with E-state index in [0.29, 0.717) is 19.3 Å². The molecule has 0 unspecified atom stereocenters. The third kappa shape index (κ3) is 65.6. The average molecular weight is 1220 g/mol. The molecule has 0 aromatic heterocycles. The van der Waals surface area contributed by atoms with Crippen molar-refractivity contribution < 1.29 is 72.7 Å². The maximum Gasteiger partial charge on any atom is 3.00 e. The third-order valence-corrected chi connectivity index (χ3v) is 15.0. The Morgan fingerprint density at radius 1 is 0.271 bits per heavy atom. The summed E-state index contributed by atoms with van der Waals surface area (Å²) < 4.78 is 13.4. The smallest absolute Gasteiger partial charge is 0.548 e. The Hall–Kier alpha value is -4.24. The number of unbranched alkanes of at least 4 members (excludes halogenated alkanes) is 36. The molecule has 0 fully saturated rings. The zero-order chi connectivity index (χ0) is 63.1. The van der Waals surface area contributed by atoms with E-state index >= 15 is 0 Å². The first-order chi connectivity index (χ1) is 40.5. The maximum atomic E-state index is 11.9. The van der Waals surface area contributed by atoms with Gasteiger partial charge in [0.25, 0.3) is 0 Å². The van der Waals surface area contributed by atoms with E-state index < -0.39 is 53.9 Å². The van der Waals surface area contributed by atoms with Crippen molar-refractivity contribution in [1.29, 1.82) is 0 Å². The van der Waals surface area contributed by atoms with Crippen LogP contribution in [0.5, 0.6) is 0 Å². The molecule has 0 saturated carbocycles. The molecule has 0 radical (unpaired) electrons. The van der Waals surface area contributed by atoms with Gasteiger partial charge in [0.15, 0.2) is 0 Å². The van der Waals surface area contributed by atoms with Gasteiger partial charge in [-0.15, -0.1) is 0 Å². The van der Waals surface area contributed by atoms with Crippen LogP contribution in [0.25, 0.3) is 0 Å². The topological polar surface area (TPSA) is 287 Å². The second kappa shape index (κ2) is 67.3. The van der Waals surface area contributed by atoms with E-state index in [4.69, 9.17) is 0 Å². The molecule has 0 heterocycles. The molecule has 0 aliphatic rings. The van der Waals surface area contributed by atoms with Crippen LogP contribution in [0.1, 0.15) is 329 Å². The van der Waals surface area contributed by atoms with Crippen LogP contribution in [0, 0.1) is 0 Å². The predicted octanol–water partition coefficient (Wildman–Crippen LogP) is 10.6. The monoisotopic (exact) mass is 1220 g/mol. The molecular weight excluding hydrogens is 1100 g/mol. The number of methoxy groups -OCH3 is 3. The number of carbonyl (C=O) groups is 9. The molecule has 18 nitrogen and oxygen atoms in total. The number of esters is 3. The van der Waals surface area contributed by atoms with Crippen LogP contribution in [0.3, 0.4) is 0 Å². The summed E-state index contributed by atoms with van der Waals surface area (Å²) in [6.45, 7) is 6.72. The van der Waals surface area contributed by atoms with Gasteiger partial charge in [0, 0.05) is 38.5 Å². The first-order valence-electron chi connectivity index (χ1n) is 33.2. The van der Waals surface area contributed by atoms with Gasteiger partial charge in [-0.1, -0.05) is 252 Å². The van der Waals surface area contributed by atoms with Gasteiger partial charge in [-0.25, -0.2) is 0 Å². The van der Waals surface area contributed by atoms with Gasteiger partial charge < -0.3 is 59.9 Å². The van der Waals surface area contributed by atoms with E-state index in [1.54, 1.807) is 0 Å². The number of hydrogen-bond donors (Lipinski definition) is 3. The molecule has 0 aliphatic heterocycles. The summed E-state index contributed by atoms with van der Waals surface area (Å²) in [6, 6.07) is -3.43. The Morgan fingerprint density at radius 2 is 0.424 bits per heavy atom. The molecule has 0 spiro atoms. The summed E-state index contributed by atoms with van der Waals surface area (Å²) in [6.07, 6.45) is 48.7. The minimum Gasteiger partial charge on any atom is -0.548 e. The summed E-state index contributed by atoms with van der Waals surface area (Å²) in [5.41, 5.74) is 0. The Labute approximate surface area is 525 Å². The van der Waals surface area contributed by atoms with Crippen molar-refractivity contribution in [1.82, 2.24) is 16.0 Å². The van der Waals surface area contributed by atoms with Crippen molar-refractivity contribution >= 4 is 70.9 Å². The summed E-state index contributed by atoms with van der Waals surface area (Å²) in [5, 5.41) is 40.4. The first-order valence-corrected chi connectivity index (χ1v) is 33.2. The Bertz CT molecular complexity index is 1470. The summed E-state index contributed by atoms with van der Waals surface area (Å²) >= 11 is 0. The van der Waals surface area contributed by atoms with E-state index in [-0.39, 0.29) is 73.6 Å². The zero-order valence-corrected chi connectivity index (χ0v) is 55.5. The van der Waals surface area contributed by atoms with Crippen LogP contribution in [-0.4, -0.2) is 110 Å². The fraction of sp³-hybridized carbons (Fsp3) is 0.864. The molecule has 3 amide bonds. The second-order valence-corrected chi connectivity index (χ2v) is 22.6. The number of nitrogens with one attached hydrogen (secondary N) is 3. The van der Waals surface area contributed by atoms with E-state index in [1.807, 2.05) is 0 Å². The van der Waals surface area contributed by atoms with Gasteiger partial charge in [-0.3, -0.25) is 28.8 Å². The van der Waals surface area contributed by atoms with Crippen LogP contribution < -0.4 is 31.3 Å². The van der Waals surface area contributed by atoms with Crippen molar-refractivity contribution in [3.05, 3.63) is 0 Å². The number of ether oxygens (including phenoxy) is 3. The predicted molar refractivity (Wildman–Crippen MR) is 331 cm³/mol. The fourth-order valence-electron chi connectivity index (χ4n) is 9.55. The fourth-order valence-corrected chi connectivity index (χ4v) is 9.55. The third-order valence-electron chi connectivity index (χ3n) is 15.0. The van der Waals surface area contributed by atoms with Crippen molar-refractivity contribution in [3.8, 4) is 0 Å². The number of rotatable bonds is 57. The van der Waals surface area contributed by atoms with Crippen molar-refractivity contribution in [3.63, 3.8) is 0 Å². The molecule has 3 atom stereocenters. The van der Waals surface area contributed by atoms with Crippen LogP contribution in [-0.2, 0) is 57.4 Å². The molecule has 19 heteroatoms. The number of carboxylic acid groups (broad SMARTS) is 3. The van der Waals surface area contributed by atoms with Crippen LogP contribution in [0.15, 0.2) is 0 Å². The number of carbonyl (C=O) groups excluding carboxylic acids is 9. The van der Waals surface area contributed by atoms with Gasteiger partial charge in [-0.05, 0) is 38.5 Å². The van der Waals surface area contributed by atoms with Crippen molar-refractivity contribution in [2.75, 3.05) is 21.3 Å². The quantitative estimate of drug-likeness (QED) is 0.0221. The minimum absolute atomic E-state index is 0. The van der Waals surface area contributed by atoms with Crippen LogP contribution >= 0.6 is 0 Å². The molecule has 0 saturated heterocycles. The van der Waals surface area contributed by atoms with Crippen molar-refractivity contribution in [2.24, 2.45) is 0 Å². The van der Waals surface area contributed by atoms with Gasteiger partial charge in [0.2, 0.25) is 17.7 Å². The zero-order valence-electron chi connectivity index (χ0n) is 54.4. The maximum absolute atomic E-state index is 11.9. The van der Waals surface area contributed by atoms with Crippen LogP contribution in [0.4, 0.5) is 0 Å². The van der Waals surface area contributed by atoms with E-state index in [9.17, 15) is 58.5 Å². The molecule has 0 aromatic rings. The number of amides is 3. The summed E-state index contributed by atoms with van der Waals surface area (Å²) in [7, 11) is 3.72. The standard InChI is InChI=1S/3C22H41NO5.Al/c3*1-3-4-5-6-7-8-9-10-11-12-13-14-15-16-20(24)23-19(22(26)27)17-18-21(25)28-2;/h3*19H,3-18H2,1-2H3,(H,23,24)(H,26,27);/q;;;+3/p-3/t3*19-;/m000./s1. The minimum atomic E-state index is -1.37. The van der Waals surface area contributed by atoms with Crippen LogP contribution in [0.2, 0.25) is 0 Å². The van der Waals surface area contributed by atoms with E-state index in [0.717, 1.165) is 57.8 Å². The normalized spacial score (nSPS) is 11.6. The van der Waals surface area contributed by atoms with E-state index in [1.165, 1.54) is 214 Å². The van der Waals surface area contributed by atoms with Gasteiger partial charge in [0.1, 0.15) is 0 Å². The second-order valence-electron chi connectivity index (χ2n) is 22.6. The summed E-state index contributed by atoms with van der Waals surface area (Å²) in [4.78, 5) is 102. The van der Waals surface area contributed by atoms with Gasteiger partial charge in [-0.2, -0.15) is 0 Å². The molecule has 0 aromatic carbocycles. The van der Waals surface area contributed by atoms with E-state index in [2.05, 4.69) is 50.9 Å².